The lowest BCUT2D eigenvalue weighted by Crippen LogP contribution is -2.50. The predicted molar refractivity (Wildman–Crippen MR) is 128 cm³/mol. The molecule has 0 saturated heterocycles. The van der Waals surface area contributed by atoms with Crippen LogP contribution in [0.25, 0.3) is 10.8 Å². The second-order valence-corrected chi connectivity index (χ2v) is 11.1. The lowest BCUT2D eigenvalue weighted by atomic mass is 9.86. The number of carbonyl (C=O) groups excluding carboxylic acids is 1. The SMILES string of the molecule is CC(C)(C)c1ccc2c(c1)N(S(C)(=O)=O)C[C@H](C(=O)NCc1ccc3ccccc3c1)O2. The van der Waals surface area contributed by atoms with Crippen LogP contribution in [0.3, 0.4) is 0 Å². The molecule has 1 N–H and O–H groups in total. The predicted octanol–water partition coefficient (Wildman–Crippen LogP) is 3.98. The van der Waals surface area contributed by atoms with Gasteiger partial charge in [-0.3, -0.25) is 9.10 Å². The van der Waals surface area contributed by atoms with E-state index in [1.807, 2.05) is 54.6 Å². The maximum absolute atomic E-state index is 12.9. The van der Waals surface area contributed by atoms with Gasteiger partial charge in [0.25, 0.3) is 5.91 Å². The Hall–Kier alpha value is -3.06. The topological polar surface area (TPSA) is 75.7 Å². The van der Waals surface area contributed by atoms with Gasteiger partial charge in [0.15, 0.2) is 6.10 Å². The van der Waals surface area contributed by atoms with E-state index in [2.05, 4.69) is 26.1 Å². The van der Waals surface area contributed by atoms with Crippen molar-refractivity contribution >= 4 is 32.4 Å². The van der Waals surface area contributed by atoms with Gasteiger partial charge in [-0.1, -0.05) is 63.2 Å². The van der Waals surface area contributed by atoms with E-state index in [-0.39, 0.29) is 17.9 Å². The minimum absolute atomic E-state index is 0.0665. The molecule has 0 aromatic heterocycles. The van der Waals surface area contributed by atoms with E-state index in [0.29, 0.717) is 18.0 Å². The molecule has 0 unspecified atom stereocenters. The van der Waals surface area contributed by atoms with Crippen molar-refractivity contribution in [3.05, 3.63) is 71.8 Å². The number of rotatable bonds is 4. The lowest BCUT2D eigenvalue weighted by molar-refractivity contribution is -0.127. The lowest BCUT2D eigenvalue weighted by Gasteiger charge is -2.35. The Bertz CT molecular complexity index is 1280. The van der Waals surface area contributed by atoms with Gasteiger partial charge in [-0.05, 0) is 45.5 Å². The summed E-state index contributed by atoms with van der Waals surface area (Å²) < 4.78 is 32.2. The van der Waals surface area contributed by atoms with E-state index in [9.17, 15) is 13.2 Å². The number of nitrogens with one attached hydrogen (secondary N) is 1. The number of benzene rings is 3. The van der Waals surface area contributed by atoms with Crippen molar-refractivity contribution in [2.24, 2.45) is 0 Å². The zero-order valence-electron chi connectivity index (χ0n) is 18.8. The third kappa shape index (κ3) is 4.58. The minimum Gasteiger partial charge on any atom is -0.476 e. The number of hydrogen-bond donors (Lipinski definition) is 1. The molecule has 3 aromatic carbocycles. The van der Waals surface area contributed by atoms with E-state index >= 15 is 0 Å². The molecule has 4 rings (SSSR count). The zero-order chi connectivity index (χ0) is 23.1. The average Bonchev–Trinajstić information content (AvgIpc) is 2.74. The van der Waals surface area contributed by atoms with Crippen molar-refractivity contribution < 1.29 is 17.9 Å². The molecule has 1 aliphatic heterocycles. The van der Waals surface area contributed by atoms with Crippen LogP contribution in [0.1, 0.15) is 31.9 Å². The molecule has 6 nitrogen and oxygen atoms in total. The molecule has 0 radical (unpaired) electrons. The van der Waals surface area contributed by atoms with Crippen LogP contribution in [0.15, 0.2) is 60.7 Å². The van der Waals surface area contributed by atoms with Gasteiger partial charge in [-0.2, -0.15) is 0 Å². The fourth-order valence-corrected chi connectivity index (χ4v) is 4.73. The molecule has 168 valence electrons. The Morgan fingerprint density at radius 3 is 2.47 bits per heavy atom. The van der Waals surface area contributed by atoms with Crippen molar-refractivity contribution in [3.63, 3.8) is 0 Å². The van der Waals surface area contributed by atoms with Gasteiger partial charge in [0, 0.05) is 6.54 Å². The maximum atomic E-state index is 12.9. The van der Waals surface area contributed by atoms with Crippen LogP contribution >= 0.6 is 0 Å². The first kappa shape index (κ1) is 22.1. The summed E-state index contributed by atoms with van der Waals surface area (Å²) in [7, 11) is -3.59. The first-order valence-corrected chi connectivity index (χ1v) is 12.4. The fraction of sp³-hybridized carbons (Fsp3) is 0.320. The molecule has 0 saturated carbocycles. The quantitative estimate of drug-likeness (QED) is 0.650. The Balaban J connectivity index is 1.54. The van der Waals surface area contributed by atoms with E-state index in [4.69, 9.17) is 4.74 Å². The van der Waals surface area contributed by atoms with E-state index < -0.39 is 16.1 Å². The van der Waals surface area contributed by atoms with Crippen LogP contribution in [0.5, 0.6) is 5.75 Å². The summed E-state index contributed by atoms with van der Waals surface area (Å²) in [6.45, 7) is 6.45. The van der Waals surface area contributed by atoms with Crippen LogP contribution in [0.4, 0.5) is 5.69 Å². The highest BCUT2D eigenvalue weighted by Gasteiger charge is 2.35. The molecular weight excluding hydrogens is 424 g/mol. The summed E-state index contributed by atoms with van der Waals surface area (Å²) in [6.07, 6.45) is 0.216. The molecule has 0 aliphatic carbocycles. The second kappa shape index (κ2) is 8.13. The van der Waals surface area contributed by atoms with Gasteiger partial charge >= 0.3 is 0 Å². The molecule has 0 spiro atoms. The number of carbonyl (C=O) groups is 1. The van der Waals surface area contributed by atoms with E-state index in [1.54, 1.807) is 6.07 Å². The maximum Gasteiger partial charge on any atom is 0.263 e. The Morgan fingerprint density at radius 2 is 1.78 bits per heavy atom. The van der Waals surface area contributed by atoms with Crippen LogP contribution < -0.4 is 14.4 Å². The number of hydrogen-bond acceptors (Lipinski definition) is 4. The van der Waals surface area contributed by atoms with Gasteiger partial charge in [0.1, 0.15) is 5.75 Å². The number of anilines is 1. The smallest absolute Gasteiger partial charge is 0.263 e. The normalized spacial score (nSPS) is 16.4. The Labute approximate surface area is 189 Å². The summed E-state index contributed by atoms with van der Waals surface area (Å²) in [5, 5.41) is 5.12. The molecule has 7 heteroatoms. The van der Waals surface area contributed by atoms with Crippen LogP contribution in [0, 0.1) is 0 Å². The minimum atomic E-state index is -3.59. The first-order chi connectivity index (χ1) is 15.0. The van der Waals surface area contributed by atoms with Crippen molar-refractivity contribution in [3.8, 4) is 5.75 Å². The standard InChI is InChI=1S/C25H28N2O4S/c1-25(2,3)20-11-12-22-21(14-20)27(32(4,29)30)16-23(31-22)24(28)26-15-17-9-10-18-7-5-6-8-19(18)13-17/h5-14,23H,15-16H2,1-4H3,(H,26,28)/t23-/m1/s1. The molecule has 3 aromatic rings. The molecule has 0 bridgehead atoms. The number of nitrogens with zero attached hydrogens (tertiary/aromatic N) is 1. The molecule has 1 aliphatic rings. The Kier molecular flexibility index (Phi) is 5.63. The van der Waals surface area contributed by atoms with E-state index in [0.717, 1.165) is 28.2 Å². The molecular formula is C25H28N2O4S. The van der Waals surface area contributed by atoms with Gasteiger partial charge < -0.3 is 10.1 Å². The first-order valence-electron chi connectivity index (χ1n) is 10.6. The number of sulfonamides is 1. The highest BCUT2D eigenvalue weighted by molar-refractivity contribution is 7.92. The third-order valence-electron chi connectivity index (χ3n) is 5.67. The Morgan fingerprint density at radius 1 is 1.06 bits per heavy atom. The number of ether oxygens (including phenoxy) is 1. The molecule has 32 heavy (non-hydrogen) atoms. The van der Waals surface area contributed by atoms with Crippen molar-refractivity contribution in [1.82, 2.24) is 5.32 Å². The summed E-state index contributed by atoms with van der Waals surface area (Å²) in [5.74, 6) is 0.0397. The largest absolute Gasteiger partial charge is 0.476 e. The van der Waals surface area contributed by atoms with Gasteiger partial charge in [-0.15, -0.1) is 0 Å². The summed E-state index contributed by atoms with van der Waals surface area (Å²) in [5.41, 5.74) is 2.28. The highest BCUT2D eigenvalue weighted by atomic mass is 32.2. The average molecular weight is 453 g/mol. The van der Waals surface area contributed by atoms with Crippen LogP contribution in [-0.4, -0.2) is 33.2 Å². The van der Waals surface area contributed by atoms with Crippen LogP contribution in [0.2, 0.25) is 0 Å². The van der Waals surface area contributed by atoms with Crippen molar-refractivity contribution in [2.75, 3.05) is 17.1 Å². The third-order valence-corrected chi connectivity index (χ3v) is 6.81. The van der Waals surface area contributed by atoms with E-state index in [1.165, 1.54) is 4.31 Å². The molecule has 1 atom stereocenters. The van der Waals surface area contributed by atoms with Crippen molar-refractivity contribution in [1.29, 1.82) is 0 Å². The number of fused-ring (bicyclic) bond motifs is 2. The molecule has 1 amide bonds. The van der Waals surface area contributed by atoms with Crippen LogP contribution in [-0.2, 0) is 26.8 Å². The highest BCUT2D eigenvalue weighted by Crippen LogP contribution is 2.38. The summed E-state index contributed by atoms with van der Waals surface area (Å²) >= 11 is 0. The second-order valence-electron chi connectivity index (χ2n) is 9.23. The van der Waals surface area contributed by atoms with Gasteiger partial charge in [-0.25, -0.2) is 8.42 Å². The van der Waals surface area contributed by atoms with Gasteiger partial charge in [0.05, 0.1) is 18.5 Å². The number of amides is 1. The summed E-state index contributed by atoms with van der Waals surface area (Å²) in [6, 6.07) is 19.5. The summed E-state index contributed by atoms with van der Waals surface area (Å²) in [4.78, 5) is 12.9. The zero-order valence-corrected chi connectivity index (χ0v) is 19.6. The van der Waals surface area contributed by atoms with Crippen molar-refractivity contribution in [2.45, 2.75) is 38.8 Å². The monoisotopic (exact) mass is 452 g/mol. The molecule has 1 heterocycles. The van der Waals surface area contributed by atoms with Gasteiger partial charge in [0.2, 0.25) is 10.0 Å². The fourth-order valence-electron chi connectivity index (χ4n) is 3.82. The molecule has 0 fully saturated rings.